The van der Waals surface area contributed by atoms with Crippen LogP contribution in [0.1, 0.15) is 19.6 Å². The Kier molecular flexibility index (Phi) is 6.41. The molecule has 2 rings (SSSR count). The van der Waals surface area contributed by atoms with Crippen molar-refractivity contribution < 1.29 is 14.0 Å². The Balaban J connectivity index is 1.68. The van der Waals surface area contributed by atoms with Crippen LogP contribution in [0.5, 0.6) is 0 Å². The molecular weight excluding hydrogens is 338 g/mol. The van der Waals surface area contributed by atoms with Crippen LogP contribution in [-0.2, 0) is 11.3 Å². The number of anilines is 1. The van der Waals surface area contributed by atoms with Crippen LogP contribution in [0.25, 0.3) is 0 Å². The second-order valence-electron chi connectivity index (χ2n) is 4.77. The van der Waals surface area contributed by atoms with Crippen LogP contribution in [0.4, 0.5) is 9.93 Å². The Bertz CT molecular complexity index is 642. The van der Waals surface area contributed by atoms with Gasteiger partial charge in [-0.1, -0.05) is 23.1 Å². The van der Waals surface area contributed by atoms with Gasteiger partial charge in [-0.25, -0.2) is 4.79 Å². The number of thioether (sulfide) groups is 1. The van der Waals surface area contributed by atoms with E-state index in [1.165, 1.54) is 29.4 Å². The standard InChI is InChI=1S/C13H17N5O3S2/c1-8(2)15-12-17-18-13(23-12)22-7-10(19)16-11(20)14-6-9-4-3-5-21-9/h3-5,8H,6-7H2,1-2H3,(H,15,17)(H2,14,16,19,20). The maximum absolute atomic E-state index is 11.7. The highest BCUT2D eigenvalue weighted by Crippen LogP contribution is 2.25. The zero-order chi connectivity index (χ0) is 16.7. The summed E-state index contributed by atoms with van der Waals surface area (Å²) < 4.78 is 5.74. The smallest absolute Gasteiger partial charge is 0.321 e. The van der Waals surface area contributed by atoms with Gasteiger partial charge in [0, 0.05) is 6.04 Å². The van der Waals surface area contributed by atoms with Gasteiger partial charge in [0.25, 0.3) is 0 Å². The van der Waals surface area contributed by atoms with E-state index in [4.69, 9.17) is 4.42 Å². The summed E-state index contributed by atoms with van der Waals surface area (Å²) >= 11 is 2.60. The highest BCUT2D eigenvalue weighted by Gasteiger charge is 2.11. The van der Waals surface area contributed by atoms with Crippen molar-refractivity contribution in [2.45, 2.75) is 30.8 Å². The average molecular weight is 355 g/mol. The van der Waals surface area contributed by atoms with Crippen LogP contribution in [0, 0.1) is 0 Å². The summed E-state index contributed by atoms with van der Waals surface area (Å²) in [6.45, 7) is 4.23. The molecular formula is C13H17N5O3S2. The Labute approximate surface area is 141 Å². The molecule has 0 radical (unpaired) electrons. The van der Waals surface area contributed by atoms with E-state index < -0.39 is 11.9 Å². The number of amides is 3. The van der Waals surface area contributed by atoms with Gasteiger partial charge in [-0.3, -0.25) is 10.1 Å². The summed E-state index contributed by atoms with van der Waals surface area (Å²) in [5.74, 6) is 0.298. The number of aromatic nitrogens is 2. The predicted octanol–water partition coefficient (Wildman–Crippen LogP) is 2.07. The van der Waals surface area contributed by atoms with E-state index in [-0.39, 0.29) is 18.3 Å². The van der Waals surface area contributed by atoms with E-state index in [2.05, 4.69) is 26.1 Å². The number of nitrogens with zero attached hydrogens (tertiary/aromatic N) is 2. The van der Waals surface area contributed by atoms with Crippen molar-refractivity contribution in [3.63, 3.8) is 0 Å². The van der Waals surface area contributed by atoms with Crippen molar-refractivity contribution in [1.29, 1.82) is 0 Å². The fraction of sp³-hybridized carbons (Fsp3) is 0.385. The summed E-state index contributed by atoms with van der Waals surface area (Å²) in [6.07, 6.45) is 1.52. The van der Waals surface area contributed by atoms with Crippen LogP contribution in [0.2, 0.25) is 0 Å². The van der Waals surface area contributed by atoms with Crippen LogP contribution in [-0.4, -0.2) is 33.9 Å². The fourth-order valence-corrected chi connectivity index (χ4v) is 3.19. The topological polar surface area (TPSA) is 109 Å². The molecule has 2 aromatic heterocycles. The minimum Gasteiger partial charge on any atom is -0.467 e. The number of urea groups is 1. The van der Waals surface area contributed by atoms with E-state index in [9.17, 15) is 9.59 Å². The van der Waals surface area contributed by atoms with Gasteiger partial charge in [0.2, 0.25) is 11.0 Å². The minimum absolute atomic E-state index is 0.0878. The van der Waals surface area contributed by atoms with Crippen LogP contribution in [0.3, 0.4) is 0 Å². The normalized spacial score (nSPS) is 10.6. The second-order valence-corrected chi connectivity index (χ2v) is 6.97. The molecule has 0 saturated carbocycles. The zero-order valence-electron chi connectivity index (χ0n) is 12.7. The molecule has 3 amide bonds. The maximum atomic E-state index is 11.7. The van der Waals surface area contributed by atoms with E-state index in [1.54, 1.807) is 12.1 Å². The first-order chi connectivity index (χ1) is 11.0. The molecule has 0 aliphatic rings. The molecule has 23 heavy (non-hydrogen) atoms. The van der Waals surface area contributed by atoms with Crippen molar-refractivity contribution in [2.24, 2.45) is 0 Å². The number of hydrogen-bond acceptors (Lipinski definition) is 8. The molecule has 8 nitrogen and oxygen atoms in total. The molecule has 3 N–H and O–H groups in total. The van der Waals surface area contributed by atoms with Gasteiger partial charge in [0.1, 0.15) is 5.76 Å². The van der Waals surface area contributed by atoms with E-state index in [0.717, 1.165) is 0 Å². The number of nitrogens with one attached hydrogen (secondary N) is 3. The third-order valence-electron chi connectivity index (χ3n) is 2.40. The van der Waals surface area contributed by atoms with Crippen molar-refractivity contribution in [1.82, 2.24) is 20.8 Å². The molecule has 0 spiro atoms. The Morgan fingerprint density at radius 2 is 2.22 bits per heavy atom. The van der Waals surface area contributed by atoms with E-state index in [1.807, 2.05) is 13.8 Å². The molecule has 0 bridgehead atoms. The van der Waals surface area contributed by atoms with Crippen molar-refractivity contribution in [3.05, 3.63) is 24.2 Å². The molecule has 0 aliphatic carbocycles. The van der Waals surface area contributed by atoms with Crippen LogP contribution >= 0.6 is 23.1 Å². The predicted molar refractivity (Wildman–Crippen MR) is 88.5 cm³/mol. The molecule has 0 saturated heterocycles. The zero-order valence-corrected chi connectivity index (χ0v) is 14.3. The monoisotopic (exact) mass is 355 g/mol. The summed E-state index contributed by atoms with van der Waals surface area (Å²) in [6, 6.07) is 3.16. The summed E-state index contributed by atoms with van der Waals surface area (Å²) in [5, 5.41) is 16.5. The summed E-state index contributed by atoms with van der Waals surface area (Å²) in [4.78, 5) is 23.3. The molecule has 10 heteroatoms. The highest BCUT2D eigenvalue weighted by molar-refractivity contribution is 8.01. The quantitative estimate of drug-likeness (QED) is 0.652. The first kappa shape index (κ1) is 17.3. The largest absolute Gasteiger partial charge is 0.467 e. The third kappa shape index (κ3) is 6.28. The Morgan fingerprint density at radius 1 is 1.39 bits per heavy atom. The Hall–Kier alpha value is -2.07. The number of furan rings is 1. The second kappa shape index (κ2) is 8.53. The molecule has 2 heterocycles. The van der Waals surface area contributed by atoms with Crippen LogP contribution < -0.4 is 16.0 Å². The first-order valence-corrected chi connectivity index (χ1v) is 8.66. The maximum Gasteiger partial charge on any atom is 0.321 e. The SMILES string of the molecule is CC(C)Nc1nnc(SCC(=O)NC(=O)NCc2ccco2)s1. The molecule has 0 atom stereocenters. The van der Waals surface area contributed by atoms with Crippen molar-refractivity contribution in [3.8, 4) is 0 Å². The van der Waals surface area contributed by atoms with Crippen LogP contribution in [0.15, 0.2) is 27.2 Å². The lowest BCUT2D eigenvalue weighted by Gasteiger charge is -2.04. The minimum atomic E-state index is -0.563. The number of rotatable bonds is 7. The number of hydrogen-bond donors (Lipinski definition) is 3. The highest BCUT2D eigenvalue weighted by atomic mass is 32.2. The third-order valence-corrected chi connectivity index (χ3v) is 4.39. The van der Waals surface area contributed by atoms with E-state index in [0.29, 0.717) is 15.2 Å². The van der Waals surface area contributed by atoms with Gasteiger partial charge in [0.15, 0.2) is 4.34 Å². The number of carbonyl (C=O) groups is 2. The lowest BCUT2D eigenvalue weighted by Crippen LogP contribution is -2.39. The molecule has 0 unspecified atom stereocenters. The molecule has 124 valence electrons. The number of imide groups is 1. The van der Waals surface area contributed by atoms with Gasteiger partial charge in [-0.05, 0) is 26.0 Å². The molecule has 0 aromatic carbocycles. The number of carbonyl (C=O) groups excluding carboxylic acids is 2. The Morgan fingerprint density at radius 3 is 2.91 bits per heavy atom. The lowest BCUT2D eigenvalue weighted by molar-refractivity contribution is -0.117. The lowest BCUT2D eigenvalue weighted by atomic mass is 10.4. The molecule has 2 aromatic rings. The summed E-state index contributed by atoms with van der Waals surface area (Å²) in [5.41, 5.74) is 0. The van der Waals surface area contributed by atoms with Crippen molar-refractivity contribution >= 4 is 40.2 Å². The average Bonchev–Trinajstić information content (AvgIpc) is 3.14. The van der Waals surface area contributed by atoms with Gasteiger partial charge in [-0.15, -0.1) is 10.2 Å². The van der Waals surface area contributed by atoms with Gasteiger partial charge >= 0.3 is 6.03 Å². The van der Waals surface area contributed by atoms with Gasteiger partial charge in [-0.2, -0.15) is 0 Å². The fourth-order valence-electron chi connectivity index (χ4n) is 1.49. The van der Waals surface area contributed by atoms with Gasteiger partial charge < -0.3 is 15.1 Å². The summed E-state index contributed by atoms with van der Waals surface area (Å²) in [7, 11) is 0. The molecule has 0 aliphatic heterocycles. The van der Waals surface area contributed by atoms with Crippen molar-refractivity contribution in [2.75, 3.05) is 11.1 Å². The van der Waals surface area contributed by atoms with E-state index >= 15 is 0 Å². The van der Waals surface area contributed by atoms with Gasteiger partial charge in [0.05, 0.1) is 18.6 Å². The first-order valence-electron chi connectivity index (χ1n) is 6.86. The molecule has 0 fully saturated rings.